The average Bonchev–Trinajstić information content (AvgIpc) is 3.21. The molecule has 0 spiro atoms. The van der Waals surface area contributed by atoms with Gasteiger partial charge in [-0.1, -0.05) is 0 Å². The molecular weight excluding hydrogens is 354 g/mol. The second-order valence-corrected chi connectivity index (χ2v) is 7.02. The Morgan fingerprint density at radius 3 is 2.71 bits per heavy atom. The van der Waals surface area contributed by atoms with Gasteiger partial charge >= 0.3 is 0 Å². The second-order valence-electron chi connectivity index (χ2n) is 7.02. The number of hydrogen-bond acceptors (Lipinski definition) is 5. The van der Waals surface area contributed by atoms with Crippen LogP contribution in [0.1, 0.15) is 16.1 Å². The number of aromatic amines is 1. The maximum absolute atomic E-state index is 12.0. The number of amides is 1. The fourth-order valence-electron chi connectivity index (χ4n) is 3.72. The highest BCUT2D eigenvalue weighted by Gasteiger charge is 2.20. The maximum Gasteiger partial charge on any atom is 0.253 e. The van der Waals surface area contributed by atoms with Crippen LogP contribution in [0.2, 0.25) is 0 Å². The monoisotopic (exact) mass is 375 g/mol. The number of hydrogen-bond donors (Lipinski definition) is 2. The van der Waals surface area contributed by atoms with Gasteiger partial charge in [-0.3, -0.25) is 9.78 Å². The molecule has 5 heterocycles. The summed E-state index contributed by atoms with van der Waals surface area (Å²) in [6, 6.07) is 9.99. The van der Waals surface area contributed by atoms with Crippen molar-refractivity contribution in [3.8, 4) is 22.5 Å². The van der Waals surface area contributed by atoms with Gasteiger partial charge in [0.1, 0.15) is 5.82 Å². The first-order valence-electron chi connectivity index (χ1n) is 9.53. The van der Waals surface area contributed by atoms with Gasteiger partial charge in [-0.15, -0.1) is 0 Å². The third-order valence-electron chi connectivity index (χ3n) is 5.25. The number of morpholine rings is 1. The molecule has 1 saturated heterocycles. The van der Waals surface area contributed by atoms with Gasteiger partial charge in [-0.05, 0) is 30.3 Å². The van der Waals surface area contributed by atoms with Crippen molar-refractivity contribution >= 4 is 11.7 Å². The Hall–Kier alpha value is -3.19. The molecule has 28 heavy (non-hydrogen) atoms. The van der Waals surface area contributed by atoms with Crippen molar-refractivity contribution in [2.24, 2.45) is 0 Å². The normalized spacial score (nSPS) is 16.6. The van der Waals surface area contributed by atoms with Crippen LogP contribution in [-0.2, 0) is 11.2 Å². The van der Waals surface area contributed by atoms with E-state index in [1.807, 2.05) is 30.5 Å². The Balaban J connectivity index is 1.42. The quantitative estimate of drug-likeness (QED) is 0.734. The van der Waals surface area contributed by atoms with E-state index in [0.717, 1.165) is 72.3 Å². The molecule has 2 aliphatic rings. The lowest BCUT2D eigenvalue weighted by Gasteiger charge is -2.27. The first-order valence-corrected chi connectivity index (χ1v) is 9.53. The number of carbonyl (C=O) groups excluding carboxylic acids is 1. The van der Waals surface area contributed by atoms with Gasteiger partial charge in [-0.2, -0.15) is 0 Å². The topological polar surface area (TPSA) is 83.1 Å². The highest BCUT2D eigenvalue weighted by molar-refractivity contribution is 5.97. The molecule has 0 unspecified atom stereocenters. The zero-order valence-electron chi connectivity index (χ0n) is 15.4. The van der Waals surface area contributed by atoms with E-state index in [0.29, 0.717) is 6.54 Å². The molecule has 3 aromatic heterocycles. The summed E-state index contributed by atoms with van der Waals surface area (Å²) >= 11 is 0. The van der Waals surface area contributed by atoms with Gasteiger partial charge in [0.15, 0.2) is 0 Å². The van der Waals surface area contributed by atoms with Crippen molar-refractivity contribution in [3.05, 3.63) is 54.0 Å². The summed E-state index contributed by atoms with van der Waals surface area (Å²) in [7, 11) is 0. The average molecular weight is 375 g/mol. The van der Waals surface area contributed by atoms with Gasteiger partial charge in [0.05, 0.1) is 24.5 Å². The van der Waals surface area contributed by atoms with E-state index in [1.165, 1.54) is 0 Å². The van der Waals surface area contributed by atoms with Gasteiger partial charge in [0.25, 0.3) is 5.91 Å². The minimum absolute atomic E-state index is 0.0130. The van der Waals surface area contributed by atoms with Crippen LogP contribution in [0.25, 0.3) is 22.5 Å². The fourth-order valence-corrected chi connectivity index (χ4v) is 3.72. The van der Waals surface area contributed by atoms with E-state index in [1.54, 1.807) is 6.20 Å². The molecule has 3 aromatic rings. The number of carbonyl (C=O) groups is 1. The molecule has 0 aromatic carbocycles. The minimum atomic E-state index is -0.0130. The number of nitrogens with one attached hydrogen (secondary N) is 2. The van der Waals surface area contributed by atoms with Crippen LogP contribution in [-0.4, -0.2) is 53.7 Å². The molecule has 0 atom stereocenters. The largest absolute Gasteiger partial charge is 0.378 e. The number of ether oxygens (including phenoxy) is 1. The van der Waals surface area contributed by atoms with Crippen molar-refractivity contribution in [1.82, 2.24) is 20.3 Å². The Morgan fingerprint density at radius 2 is 1.93 bits per heavy atom. The van der Waals surface area contributed by atoms with Crippen molar-refractivity contribution < 1.29 is 9.53 Å². The Labute approximate surface area is 162 Å². The Morgan fingerprint density at radius 1 is 1.04 bits per heavy atom. The van der Waals surface area contributed by atoms with Crippen LogP contribution in [0, 0.1) is 0 Å². The number of H-pyrrole nitrogens is 1. The van der Waals surface area contributed by atoms with Crippen LogP contribution in [0.4, 0.5) is 5.82 Å². The van der Waals surface area contributed by atoms with Crippen LogP contribution in [0.5, 0.6) is 0 Å². The molecule has 7 nitrogen and oxygen atoms in total. The van der Waals surface area contributed by atoms with Crippen LogP contribution in [0.3, 0.4) is 0 Å². The molecule has 0 saturated carbocycles. The first-order chi connectivity index (χ1) is 13.8. The molecule has 5 rings (SSSR count). The lowest BCUT2D eigenvalue weighted by molar-refractivity contribution is 0.0946. The van der Waals surface area contributed by atoms with Gasteiger partial charge in [-0.25, -0.2) is 4.98 Å². The molecule has 1 fully saturated rings. The molecule has 7 heteroatoms. The summed E-state index contributed by atoms with van der Waals surface area (Å²) in [6.45, 7) is 3.89. The van der Waals surface area contributed by atoms with E-state index in [2.05, 4.69) is 31.2 Å². The number of anilines is 1. The summed E-state index contributed by atoms with van der Waals surface area (Å²) in [6.07, 6.45) is 4.48. The third-order valence-corrected chi connectivity index (χ3v) is 5.25. The van der Waals surface area contributed by atoms with Crippen LogP contribution in [0.15, 0.2) is 42.7 Å². The Kier molecular flexibility index (Phi) is 4.29. The predicted molar refractivity (Wildman–Crippen MR) is 106 cm³/mol. The standard InChI is InChI=1S/C21H21N5O2/c27-21-16-12-19(25-17(16)4-6-23-21)14-3-5-22-18(11-14)15-1-2-20(24-13-15)26-7-9-28-10-8-26/h1-3,5,11-13,25H,4,6-10H2,(H,23,27). The molecule has 0 bridgehead atoms. The SMILES string of the molecule is O=C1NCCc2[nH]c(-c3ccnc(-c4ccc(N5CCOCC5)nc4)c3)cc21. The van der Waals surface area contributed by atoms with E-state index >= 15 is 0 Å². The van der Waals surface area contributed by atoms with Gasteiger partial charge < -0.3 is 19.9 Å². The van der Waals surface area contributed by atoms with Crippen molar-refractivity contribution in [1.29, 1.82) is 0 Å². The number of rotatable bonds is 3. The van der Waals surface area contributed by atoms with Crippen LogP contribution >= 0.6 is 0 Å². The van der Waals surface area contributed by atoms with E-state index in [4.69, 9.17) is 4.74 Å². The predicted octanol–water partition coefficient (Wildman–Crippen LogP) is 2.26. The molecule has 2 aliphatic heterocycles. The molecule has 0 radical (unpaired) electrons. The van der Waals surface area contributed by atoms with E-state index < -0.39 is 0 Å². The maximum atomic E-state index is 12.0. The second kappa shape index (κ2) is 7.09. The highest BCUT2D eigenvalue weighted by atomic mass is 16.5. The molecule has 1 amide bonds. The minimum Gasteiger partial charge on any atom is -0.378 e. The summed E-state index contributed by atoms with van der Waals surface area (Å²) in [4.78, 5) is 26.8. The van der Waals surface area contributed by atoms with E-state index in [9.17, 15) is 4.79 Å². The summed E-state index contributed by atoms with van der Waals surface area (Å²) in [5.74, 6) is 0.951. The number of aromatic nitrogens is 3. The third kappa shape index (κ3) is 3.14. The number of pyridine rings is 2. The summed E-state index contributed by atoms with van der Waals surface area (Å²) < 4.78 is 5.40. The van der Waals surface area contributed by atoms with E-state index in [-0.39, 0.29) is 5.91 Å². The fraction of sp³-hybridized carbons (Fsp3) is 0.286. The Bertz CT molecular complexity index is 1010. The summed E-state index contributed by atoms with van der Waals surface area (Å²) in [5, 5.41) is 2.88. The van der Waals surface area contributed by atoms with Gasteiger partial charge in [0, 0.05) is 61.0 Å². The van der Waals surface area contributed by atoms with Crippen LogP contribution < -0.4 is 10.2 Å². The van der Waals surface area contributed by atoms with Gasteiger partial charge in [0.2, 0.25) is 0 Å². The molecule has 0 aliphatic carbocycles. The first kappa shape index (κ1) is 16.9. The molecule has 142 valence electrons. The van der Waals surface area contributed by atoms with Crippen molar-refractivity contribution in [2.45, 2.75) is 6.42 Å². The highest BCUT2D eigenvalue weighted by Crippen LogP contribution is 2.27. The smallest absolute Gasteiger partial charge is 0.253 e. The summed E-state index contributed by atoms with van der Waals surface area (Å²) in [5.41, 5.74) is 5.49. The zero-order valence-corrected chi connectivity index (χ0v) is 15.4. The number of fused-ring (bicyclic) bond motifs is 1. The zero-order chi connectivity index (χ0) is 18.9. The van der Waals surface area contributed by atoms with Crippen molar-refractivity contribution in [3.63, 3.8) is 0 Å². The van der Waals surface area contributed by atoms with Crippen molar-refractivity contribution in [2.75, 3.05) is 37.7 Å². The lowest BCUT2D eigenvalue weighted by Crippen LogP contribution is -2.36. The molecular formula is C21H21N5O2. The number of nitrogens with zero attached hydrogens (tertiary/aromatic N) is 3. The molecule has 2 N–H and O–H groups in total. The lowest BCUT2D eigenvalue weighted by atomic mass is 10.1.